The van der Waals surface area contributed by atoms with Crippen LogP contribution in [0.25, 0.3) is 0 Å². The summed E-state index contributed by atoms with van der Waals surface area (Å²) in [6.45, 7) is 5.13. The summed E-state index contributed by atoms with van der Waals surface area (Å²) in [4.78, 5) is 0. The summed E-state index contributed by atoms with van der Waals surface area (Å²) < 4.78 is 7.89. The van der Waals surface area contributed by atoms with Crippen molar-refractivity contribution in [1.29, 1.82) is 0 Å². The minimum Gasteiger partial charge on any atom is -0.384 e. The molecule has 1 heteroatoms. The normalized spacial score (nSPS) is 21.9. The van der Waals surface area contributed by atoms with Crippen molar-refractivity contribution in [3.8, 4) is 0 Å². The van der Waals surface area contributed by atoms with Gasteiger partial charge in [-0.2, -0.15) is 0 Å². The van der Waals surface area contributed by atoms with E-state index < -0.39 is 0 Å². The van der Waals surface area contributed by atoms with E-state index in [2.05, 4.69) is 37.4 Å². The van der Waals surface area contributed by atoms with Crippen LogP contribution in [0.4, 0.5) is 5.69 Å². The highest BCUT2D eigenvalue weighted by Gasteiger charge is 2.14. The van der Waals surface area contributed by atoms with E-state index in [4.69, 9.17) is 1.37 Å². The average molecular weight is 163 g/mol. The van der Waals surface area contributed by atoms with Crippen LogP contribution in [0, 0.1) is 0 Å². The van der Waals surface area contributed by atoms with Crippen LogP contribution in [0.3, 0.4) is 0 Å². The fourth-order valence-corrected chi connectivity index (χ4v) is 1.73. The van der Waals surface area contributed by atoms with Gasteiger partial charge >= 0.3 is 0 Å². The van der Waals surface area contributed by atoms with Gasteiger partial charge in [0.25, 0.3) is 0 Å². The Morgan fingerprint density at radius 2 is 2.33 bits per heavy atom. The first-order valence-electron chi connectivity index (χ1n) is 5.07. The van der Waals surface area contributed by atoms with Gasteiger partial charge in [0.2, 0.25) is 0 Å². The summed E-state index contributed by atoms with van der Waals surface area (Å²) in [6, 6.07) is 6.27. The Labute approximate surface area is 75.2 Å². The minimum absolute atomic E-state index is 0.0754. The Kier molecular flexibility index (Phi) is 1.53. The van der Waals surface area contributed by atoms with Gasteiger partial charge in [-0.25, -0.2) is 0 Å². The van der Waals surface area contributed by atoms with Crippen LogP contribution in [-0.4, -0.2) is 6.54 Å². The van der Waals surface area contributed by atoms with Gasteiger partial charge < -0.3 is 5.32 Å². The molecule has 1 nitrogen and oxygen atoms in total. The van der Waals surface area contributed by atoms with Crippen LogP contribution in [0.1, 0.15) is 32.3 Å². The molecular formula is C11H15N. The van der Waals surface area contributed by atoms with Gasteiger partial charge in [-0.15, -0.1) is 0 Å². The zero-order valence-electron chi connectivity index (χ0n) is 8.59. The van der Waals surface area contributed by atoms with Crippen LogP contribution in [0.15, 0.2) is 18.2 Å². The number of rotatable bonds is 1. The summed E-state index contributed by atoms with van der Waals surface area (Å²) in [5.74, 6) is 0.516. The molecule has 0 amide bonds. The highest BCUT2D eigenvalue weighted by molar-refractivity contribution is 5.59. The summed E-state index contributed by atoms with van der Waals surface area (Å²) in [5.41, 5.74) is 3.69. The molecule has 0 bridgehead atoms. The summed E-state index contributed by atoms with van der Waals surface area (Å²) in [5, 5.41) is 3.26. The first-order valence-corrected chi connectivity index (χ1v) is 4.49. The summed E-state index contributed by atoms with van der Waals surface area (Å²) in [7, 11) is 0. The van der Waals surface area contributed by atoms with E-state index >= 15 is 0 Å². The smallest absolute Gasteiger partial charge is 0.0376 e. The fourth-order valence-electron chi connectivity index (χ4n) is 1.73. The van der Waals surface area contributed by atoms with Crippen molar-refractivity contribution in [2.24, 2.45) is 0 Å². The molecule has 1 aliphatic rings. The van der Waals surface area contributed by atoms with Crippen molar-refractivity contribution >= 4 is 5.69 Å². The highest BCUT2D eigenvalue weighted by Crippen LogP contribution is 2.29. The van der Waals surface area contributed by atoms with E-state index in [1.165, 1.54) is 11.1 Å². The van der Waals surface area contributed by atoms with Gasteiger partial charge in [0, 0.05) is 13.6 Å². The molecule has 0 saturated heterocycles. The van der Waals surface area contributed by atoms with Crippen LogP contribution < -0.4 is 5.32 Å². The molecule has 0 radical (unpaired) electrons. The molecule has 1 aliphatic heterocycles. The van der Waals surface area contributed by atoms with Crippen molar-refractivity contribution in [2.75, 3.05) is 11.9 Å². The summed E-state index contributed by atoms with van der Waals surface area (Å²) in [6.07, 6.45) is -0.0754. The molecule has 0 fully saturated rings. The van der Waals surface area contributed by atoms with Gasteiger partial charge in [0.05, 0.1) is 0 Å². The fraction of sp³-hybridized carbons (Fsp3) is 0.455. The lowest BCUT2D eigenvalue weighted by molar-refractivity contribution is 0.849. The predicted octanol–water partition coefficient (Wildman–Crippen LogP) is 2.78. The molecule has 2 rings (SSSR count). The van der Waals surface area contributed by atoms with Crippen LogP contribution >= 0.6 is 0 Å². The van der Waals surface area contributed by atoms with E-state index in [9.17, 15) is 0 Å². The largest absolute Gasteiger partial charge is 0.384 e. The maximum atomic E-state index is 7.89. The van der Waals surface area contributed by atoms with Crippen molar-refractivity contribution in [3.63, 3.8) is 0 Å². The molecule has 0 aromatic heterocycles. The van der Waals surface area contributed by atoms with Gasteiger partial charge in [0.15, 0.2) is 0 Å². The molecule has 1 aromatic rings. The SMILES string of the molecule is [3H]C1CNc2cccc(C(C)C)c21. The Morgan fingerprint density at radius 1 is 1.50 bits per heavy atom. The van der Waals surface area contributed by atoms with Gasteiger partial charge in [-0.1, -0.05) is 26.0 Å². The molecule has 12 heavy (non-hydrogen) atoms. The lowest BCUT2D eigenvalue weighted by Crippen LogP contribution is -1.93. The molecule has 1 heterocycles. The van der Waals surface area contributed by atoms with Crippen molar-refractivity contribution in [3.05, 3.63) is 29.3 Å². The number of hydrogen-bond donors (Lipinski definition) is 1. The van der Waals surface area contributed by atoms with Gasteiger partial charge in [0.1, 0.15) is 0 Å². The number of nitrogens with one attached hydrogen (secondary N) is 1. The Hall–Kier alpha value is -0.980. The highest BCUT2D eigenvalue weighted by atomic mass is 14.9. The Bertz CT molecular complexity index is 320. The number of fused-ring (bicyclic) bond motifs is 1. The first kappa shape index (κ1) is 6.53. The third-order valence-electron chi connectivity index (χ3n) is 2.36. The zero-order chi connectivity index (χ0) is 9.42. The molecule has 1 unspecified atom stereocenters. The molecule has 1 N–H and O–H groups in total. The monoisotopic (exact) mass is 163 g/mol. The molecule has 0 saturated carbocycles. The van der Waals surface area contributed by atoms with E-state index in [0.29, 0.717) is 5.92 Å². The molecule has 0 aliphatic carbocycles. The molecular weight excluding hydrogens is 146 g/mol. The van der Waals surface area contributed by atoms with Gasteiger partial charge in [-0.3, -0.25) is 0 Å². The standard InChI is InChI=1S/C11H15N/c1-8(2)9-4-3-5-11-10(9)6-7-12-11/h3-5,8,12H,6-7H2,1-2H3/i6T. The molecule has 0 spiro atoms. The first-order chi connectivity index (χ1) is 6.20. The van der Waals surface area contributed by atoms with Crippen LogP contribution in [0.2, 0.25) is 0 Å². The lowest BCUT2D eigenvalue weighted by atomic mass is 9.96. The quantitative estimate of drug-likeness (QED) is 0.671. The average Bonchev–Trinajstić information content (AvgIpc) is 2.48. The second-order valence-corrected chi connectivity index (χ2v) is 3.55. The van der Waals surface area contributed by atoms with E-state index in [1.807, 2.05) is 0 Å². The van der Waals surface area contributed by atoms with Crippen molar-refractivity contribution in [1.82, 2.24) is 0 Å². The maximum Gasteiger partial charge on any atom is 0.0376 e. The lowest BCUT2D eigenvalue weighted by Gasteiger charge is -2.10. The number of anilines is 1. The molecule has 1 aromatic carbocycles. The summed E-state index contributed by atoms with van der Waals surface area (Å²) >= 11 is 0. The van der Waals surface area contributed by atoms with E-state index in [-0.39, 0.29) is 6.40 Å². The second-order valence-electron chi connectivity index (χ2n) is 3.55. The van der Waals surface area contributed by atoms with E-state index in [1.54, 1.807) is 0 Å². The minimum atomic E-state index is -0.0754. The van der Waals surface area contributed by atoms with Crippen molar-refractivity contribution in [2.45, 2.75) is 26.2 Å². The topological polar surface area (TPSA) is 12.0 Å². The Morgan fingerprint density at radius 3 is 3.08 bits per heavy atom. The van der Waals surface area contributed by atoms with Gasteiger partial charge in [-0.05, 0) is 29.5 Å². The molecule has 1 atom stereocenters. The Balaban J connectivity index is 2.53. The van der Waals surface area contributed by atoms with Crippen LogP contribution in [0.5, 0.6) is 0 Å². The van der Waals surface area contributed by atoms with Crippen LogP contribution in [-0.2, 0) is 6.40 Å². The predicted molar refractivity (Wildman–Crippen MR) is 52.7 cm³/mol. The maximum absolute atomic E-state index is 7.89. The third-order valence-corrected chi connectivity index (χ3v) is 2.36. The number of benzene rings is 1. The van der Waals surface area contributed by atoms with E-state index in [0.717, 1.165) is 12.2 Å². The zero-order valence-corrected chi connectivity index (χ0v) is 7.59. The van der Waals surface area contributed by atoms with Crippen molar-refractivity contribution < 1.29 is 1.37 Å². The molecule has 64 valence electrons. The third kappa shape index (κ3) is 1.09. The number of hydrogen-bond acceptors (Lipinski definition) is 1. The second kappa shape index (κ2) is 2.81.